The number of carbonyl (C=O) groups is 3. The highest BCUT2D eigenvalue weighted by Crippen LogP contribution is 2.62. The molecule has 2 saturated carbocycles. The zero-order chi connectivity index (χ0) is 23.6. The standard InChI is InChI=1S/C25H31NO7/c1-33-17-5-4-16-8-19-25(32)14-23(11-21(28)29,12-22(30)31)20(27)10-24(25,18(16)9-17)6-7-26(19)13-15-2-3-15/h4-5,9,15,19,32H,2-3,6-8,10-14H2,1H3,(H,28,29)(H,30,31). The van der Waals surface area contributed by atoms with Crippen LogP contribution in [-0.2, 0) is 26.2 Å². The lowest BCUT2D eigenvalue weighted by Gasteiger charge is -2.66. The molecular formula is C25H31NO7. The van der Waals surface area contributed by atoms with Gasteiger partial charge < -0.3 is 20.1 Å². The average molecular weight is 458 g/mol. The van der Waals surface area contributed by atoms with Gasteiger partial charge >= 0.3 is 11.9 Å². The highest BCUT2D eigenvalue weighted by atomic mass is 16.5. The van der Waals surface area contributed by atoms with Crippen LogP contribution in [-0.4, -0.2) is 69.8 Å². The second-order valence-electron chi connectivity index (χ2n) is 10.6. The molecular weight excluding hydrogens is 426 g/mol. The minimum absolute atomic E-state index is 0.0575. The Morgan fingerprint density at radius 1 is 1.18 bits per heavy atom. The molecule has 1 saturated heterocycles. The summed E-state index contributed by atoms with van der Waals surface area (Å²) < 4.78 is 5.45. The van der Waals surface area contributed by atoms with Crippen molar-refractivity contribution in [3.05, 3.63) is 29.3 Å². The number of ether oxygens (including phenoxy) is 1. The summed E-state index contributed by atoms with van der Waals surface area (Å²) in [6, 6.07) is 5.51. The Balaban J connectivity index is 1.66. The lowest BCUT2D eigenvalue weighted by atomic mass is 9.44. The Bertz CT molecular complexity index is 1000. The quantitative estimate of drug-likeness (QED) is 0.568. The summed E-state index contributed by atoms with van der Waals surface area (Å²) in [6.45, 7) is 1.62. The number of benzene rings is 1. The van der Waals surface area contributed by atoms with E-state index in [1.54, 1.807) is 7.11 Å². The number of carboxylic acid groups (broad SMARTS) is 2. The van der Waals surface area contributed by atoms with E-state index >= 15 is 0 Å². The molecule has 5 rings (SSSR count). The van der Waals surface area contributed by atoms with Crippen LogP contribution in [0, 0.1) is 11.3 Å². The van der Waals surface area contributed by atoms with Crippen LogP contribution < -0.4 is 4.74 Å². The van der Waals surface area contributed by atoms with Crippen LogP contribution in [0.2, 0.25) is 0 Å². The van der Waals surface area contributed by atoms with Crippen molar-refractivity contribution in [1.82, 2.24) is 4.90 Å². The highest BCUT2D eigenvalue weighted by molar-refractivity contribution is 5.94. The summed E-state index contributed by atoms with van der Waals surface area (Å²) >= 11 is 0. The van der Waals surface area contributed by atoms with Gasteiger partial charge in [-0.15, -0.1) is 0 Å². The molecule has 1 aliphatic heterocycles. The van der Waals surface area contributed by atoms with Gasteiger partial charge in [-0.1, -0.05) is 6.07 Å². The number of aliphatic hydroxyl groups is 1. The summed E-state index contributed by atoms with van der Waals surface area (Å²) in [5, 5.41) is 31.7. The van der Waals surface area contributed by atoms with Crippen molar-refractivity contribution < 1.29 is 34.4 Å². The van der Waals surface area contributed by atoms with Crippen molar-refractivity contribution >= 4 is 17.7 Å². The van der Waals surface area contributed by atoms with Crippen LogP contribution in [0.25, 0.3) is 0 Å². The fourth-order valence-corrected chi connectivity index (χ4v) is 7.02. The number of hydrogen-bond donors (Lipinski definition) is 3. The van der Waals surface area contributed by atoms with Gasteiger partial charge in [0.15, 0.2) is 0 Å². The second-order valence-corrected chi connectivity index (χ2v) is 10.6. The first-order valence-electron chi connectivity index (χ1n) is 11.7. The maximum atomic E-state index is 13.6. The average Bonchev–Trinajstić information content (AvgIpc) is 3.54. The van der Waals surface area contributed by atoms with Gasteiger partial charge in [-0.3, -0.25) is 19.3 Å². The number of methoxy groups -OCH3 is 1. The SMILES string of the molecule is COc1ccc2c(c1)C13CCN(CC4CC4)C(C2)C1(O)CC(CC(=O)O)(CC(=O)O)C(=O)C3. The van der Waals surface area contributed by atoms with Crippen molar-refractivity contribution in [3.63, 3.8) is 0 Å². The normalized spacial score (nSPS) is 32.5. The fourth-order valence-electron chi connectivity index (χ4n) is 7.02. The first kappa shape index (κ1) is 22.3. The maximum Gasteiger partial charge on any atom is 0.304 e. The number of nitrogens with zero attached hydrogens (tertiary/aromatic N) is 1. The largest absolute Gasteiger partial charge is 0.497 e. The maximum absolute atomic E-state index is 13.6. The molecule has 4 aliphatic rings. The summed E-state index contributed by atoms with van der Waals surface area (Å²) in [5.74, 6) is -1.57. The number of piperidine rings is 1. The molecule has 2 bridgehead atoms. The first-order valence-corrected chi connectivity index (χ1v) is 11.7. The fraction of sp³-hybridized carbons (Fsp3) is 0.640. The Hall–Kier alpha value is -2.45. The number of fused-ring (bicyclic) bond motifs is 1. The van der Waals surface area contributed by atoms with E-state index in [-0.39, 0.29) is 24.7 Å². The lowest BCUT2D eigenvalue weighted by molar-refractivity contribution is -0.199. The molecule has 33 heavy (non-hydrogen) atoms. The van der Waals surface area contributed by atoms with E-state index in [2.05, 4.69) is 4.90 Å². The van der Waals surface area contributed by atoms with Gasteiger partial charge in [0.05, 0.1) is 31.0 Å². The van der Waals surface area contributed by atoms with E-state index in [0.717, 1.165) is 24.2 Å². The third-order valence-electron chi connectivity index (χ3n) is 8.72. The number of hydrogen-bond acceptors (Lipinski definition) is 6. The highest BCUT2D eigenvalue weighted by Gasteiger charge is 2.70. The van der Waals surface area contributed by atoms with Gasteiger partial charge in [0.2, 0.25) is 0 Å². The molecule has 3 fully saturated rings. The number of rotatable bonds is 7. The molecule has 1 heterocycles. The molecule has 0 spiro atoms. The van der Waals surface area contributed by atoms with E-state index in [0.29, 0.717) is 24.5 Å². The first-order chi connectivity index (χ1) is 15.6. The monoisotopic (exact) mass is 457 g/mol. The molecule has 3 unspecified atom stereocenters. The van der Waals surface area contributed by atoms with Crippen molar-refractivity contribution in [2.45, 2.75) is 68.4 Å². The Morgan fingerprint density at radius 2 is 1.88 bits per heavy atom. The molecule has 8 nitrogen and oxygen atoms in total. The third-order valence-corrected chi connectivity index (χ3v) is 8.72. The number of Topliss-reactive ketones (excluding diaryl/α,β-unsaturated/α-hetero) is 1. The summed E-state index contributed by atoms with van der Waals surface area (Å²) in [6.07, 6.45) is 2.09. The van der Waals surface area contributed by atoms with Crippen LogP contribution in [0.3, 0.4) is 0 Å². The van der Waals surface area contributed by atoms with Gasteiger partial charge in [0.25, 0.3) is 0 Å². The summed E-state index contributed by atoms with van der Waals surface area (Å²) in [5.41, 5.74) is -1.94. The van der Waals surface area contributed by atoms with Gasteiger partial charge in [0.1, 0.15) is 11.5 Å². The Kier molecular flexibility index (Phi) is 5.10. The molecule has 8 heteroatoms. The van der Waals surface area contributed by atoms with E-state index in [4.69, 9.17) is 4.74 Å². The zero-order valence-electron chi connectivity index (χ0n) is 18.9. The Morgan fingerprint density at radius 3 is 2.48 bits per heavy atom. The smallest absolute Gasteiger partial charge is 0.304 e. The summed E-state index contributed by atoms with van der Waals surface area (Å²) in [7, 11) is 1.58. The molecule has 3 atom stereocenters. The topological polar surface area (TPSA) is 124 Å². The van der Waals surface area contributed by atoms with Crippen LogP contribution in [0.1, 0.15) is 56.1 Å². The predicted octanol–water partition coefficient (Wildman–Crippen LogP) is 2.00. The summed E-state index contributed by atoms with van der Waals surface area (Å²) in [4.78, 5) is 39.5. The molecule has 178 valence electrons. The van der Waals surface area contributed by atoms with Crippen molar-refractivity contribution in [2.24, 2.45) is 11.3 Å². The van der Waals surface area contributed by atoms with Crippen LogP contribution in [0.15, 0.2) is 18.2 Å². The molecule has 0 aromatic heterocycles. The molecule has 3 aliphatic carbocycles. The van der Waals surface area contributed by atoms with Gasteiger partial charge in [-0.2, -0.15) is 0 Å². The lowest BCUT2D eigenvalue weighted by Crippen LogP contribution is -2.76. The van der Waals surface area contributed by atoms with Crippen LogP contribution >= 0.6 is 0 Å². The molecule has 0 radical (unpaired) electrons. The third kappa shape index (κ3) is 3.37. The van der Waals surface area contributed by atoms with Gasteiger partial charge in [-0.05, 0) is 67.8 Å². The number of ketones is 1. The number of likely N-dealkylation sites (tertiary alicyclic amines) is 1. The van der Waals surface area contributed by atoms with E-state index in [1.165, 1.54) is 12.8 Å². The Labute approximate surface area is 192 Å². The number of carboxylic acids is 2. The molecule has 1 aromatic carbocycles. The van der Waals surface area contributed by atoms with Crippen LogP contribution in [0.5, 0.6) is 5.75 Å². The van der Waals surface area contributed by atoms with E-state index in [1.807, 2.05) is 18.2 Å². The van der Waals surface area contributed by atoms with E-state index < -0.39 is 41.2 Å². The number of carbonyl (C=O) groups excluding carboxylic acids is 1. The van der Waals surface area contributed by atoms with Crippen molar-refractivity contribution in [2.75, 3.05) is 20.2 Å². The van der Waals surface area contributed by atoms with Crippen LogP contribution in [0.4, 0.5) is 0 Å². The minimum Gasteiger partial charge on any atom is -0.497 e. The second kappa shape index (κ2) is 7.53. The zero-order valence-corrected chi connectivity index (χ0v) is 18.9. The number of aliphatic carboxylic acids is 2. The molecule has 1 aromatic rings. The molecule has 0 amide bonds. The minimum atomic E-state index is -1.62. The molecule has 3 N–H and O–H groups in total. The van der Waals surface area contributed by atoms with Gasteiger partial charge in [0, 0.05) is 24.4 Å². The predicted molar refractivity (Wildman–Crippen MR) is 117 cm³/mol. The van der Waals surface area contributed by atoms with Crippen molar-refractivity contribution in [3.8, 4) is 5.75 Å². The van der Waals surface area contributed by atoms with E-state index in [9.17, 15) is 29.7 Å². The van der Waals surface area contributed by atoms with Gasteiger partial charge in [-0.25, -0.2) is 0 Å². The van der Waals surface area contributed by atoms with Crippen molar-refractivity contribution in [1.29, 1.82) is 0 Å².